The summed E-state index contributed by atoms with van der Waals surface area (Å²) >= 11 is 0. The summed E-state index contributed by atoms with van der Waals surface area (Å²) in [6.07, 6.45) is 2.73. The van der Waals surface area contributed by atoms with Crippen LogP contribution in [0.15, 0.2) is 53.9 Å². The zero-order valence-corrected chi connectivity index (χ0v) is 19.7. The molecule has 4 aromatic rings. The van der Waals surface area contributed by atoms with Crippen LogP contribution < -0.4 is 5.32 Å². The number of nitrogens with zero attached hydrogens (tertiary/aromatic N) is 6. The number of carbonyl (C=O) groups is 2. The lowest BCUT2D eigenvalue weighted by Crippen LogP contribution is -2.27. The van der Waals surface area contributed by atoms with Crippen molar-refractivity contribution in [1.82, 2.24) is 29.6 Å². The van der Waals surface area contributed by atoms with Gasteiger partial charge in [-0.2, -0.15) is 18.3 Å². The minimum absolute atomic E-state index is 0.0303. The molecule has 0 saturated heterocycles. The third-order valence-electron chi connectivity index (χ3n) is 6.10. The van der Waals surface area contributed by atoms with Crippen LogP contribution in [-0.4, -0.2) is 41.4 Å². The number of alkyl halides is 3. The lowest BCUT2D eigenvalue weighted by molar-refractivity contribution is -0.137. The van der Waals surface area contributed by atoms with Crippen molar-refractivity contribution < 1.29 is 27.2 Å². The largest absolute Gasteiger partial charge is 0.448 e. The maximum atomic E-state index is 13.2. The zero-order valence-electron chi connectivity index (χ0n) is 19.7. The first kappa shape index (κ1) is 24.2. The SMILES string of the molecule is Cc1cc(C(C)N2Cc3c(ccnc3NC(=O)Cc3cnco3)C2=O)cnc1-n1cc(C(F)(F)F)cn1. The van der Waals surface area contributed by atoms with E-state index in [9.17, 15) is 22.8 Å². The van der Waals surface area contributed by atoms with Crippen LogP contribution in [0, 0.1) is 6.92 Å². The van der Waals surface area contributed by atoms with Gasteiger partial charge in [0.2, 0.25) is 5.91 Å². The molecule has 0 radical (unpaired) electrons. The van der Waals surface area contributed by atoms with E-state index in [-0.39, 0.29) is 36.4 Å². The molecule has 0 aromatic carbocycles. The van der Waals surface area contributed by atoms with Crippen molar-refractivity contribution >= 4 is 17.6 Å². The Balaban J connectivity index is 1.34. The van der Waals surface area contributed by atoms with Crippen molar-refractivity contribution in [3.8, 4) is 5.82 Å². The third kappa shape index (κ3) is 4.67. The van der Waals surface area contributed by atoms with Gasteiger partial charge < -0.3 is 14.6 Å². The van der Waals surface area contributed by atoms with Gasteiger partial charge in [0.05, 0.1) is 37.0 Å². The number of amides is 2. The number of halogens is 3. The fraction of sp³-hybridized carbons (Fsp3) is 0.250. The molecule has 4 aromatic heterocycles. The van der Waals surface area contributed by atoms with Gasteiger partial charge in [0.25, 0.3) is 5.91 Å². The van der Waals surface area contributed by atoms with Crippen LogP contribution in [-0.2, 0) is 23.9 Å². The van der Waals surface area contributed by atoms with Crippen LogP contribution in [0.25, 0.3) is 5.82 Å². The van der Waals surface area contributed by atoms with Gasteiger partial charge in [0.1, 0.15) is 11.6 Å². The Morgan fingerprint density at radius 1 is 1.24 bits per heavy atom. The van der Waals surface area contributed by atoms with E-state index in [0.29, 0.717) is 28.0 Å². The van der Waals surface area contributed by atoms with Gasteiger partial charge in [0, 0.05) is 29.7 Å². The molecule has 10 nitrogen and oxygen atoms in total. The fourth-order valence-electron chi connectivity index (χ4n) is 4.16. The molecule has 1 atom stereocenters. The average Bonchev–Trinajstić information content (AvgIpc) is 3.60. The number of hydrogen-bond acceptors (Lipinski definition) is 7. The first-order valence-corrected chi connectivity index (χ1v) is 11.2. The van der Waals surface area contributed by atoms with Gasteiger partial charge in [-0.3, -0.25) is 9.59 Å². The van der Waals surface area contributed by atoms with Crippen molar-refractivity contribution in [2.24, 2.45) is 0 Å². The van der Waals surface area contributed by atoms with Gasteiger partial charge in [-0.05, 0) is 37.1 Å². The number of aromatic nitrogens is 5. The number of aryl methyl sites for hydroxylation is 1. The van der Waals surface area contributed by atoms with E-state index in [0.717, 1.165) is 17.1 Å². The highest BCUT2D eigenvalue weighted by Crippen LogP contribution is 2.35. The van der Waals surface area contributed by atoms with Gasteiger partial charge in [0.15, 0.2) is 12.2 Å². The second-order valence-electron chi connectivity index (χ2n) is 8.57. The second-order valence-corrected chi connectivity index (χ2v) is 8.57. The molecule has 0 spiro atoms. The predicted octanol–water partition coefficient (Wildman–Crippen LogP) is 3.88. The molecule has 0 aliphatic carbocycles. The molecule has 2 amide bonds. The van der Waals surface area contributed by atoms with E-state index in [1.165, 1.54) is 25.0 Å². The number of carbonyl (C=O) groups excluding carboxylic acids is 2. The van der Waals surface area contributed by atoms with Crippen molar-refractivity contribution in [3.63, 3.8) is 0 Å². The Hall–Kier alpha value is -4.55. The first-order chi connectivity index (χ1) is 17.6. The summed E-state index contributed by atoms with van der Waals surface area (Å²) in [5.74, 6) is 0.336. The number of nitrogens with one attached hydrogen (secondary N) is 1. The van der Waals surface area contributed by atoms with Crippen LogP contribution in [0.5, 0.6) is 0 Å². The number of hydrogen-bond donors (Lipinski definition) is 1. The summed E-state index contributed by atoms with van der Waals surface area (Å²) in [6.45, 7) is 3.74. The van der Waals surface area contributed by atoms with E-state index < -0.39 is 17.8 Å². The summed E-state index contributed by atoms with van der Waals surface area (Å²) in [6, 6.07) is 2.94. The topological polar surface area (TPSA) is 119 Å². The smallest absolute Gasteiger partial charge is 0.419 e. The van der Waals surface area contributed by atoms with E-state index in [4.69, 9.17) is 4.42 Å². The third-order valence-corrected chi connectivity index (χ3v) is 6.10. The summed E-state index contributed by atoms with van der Waals surface area (Å²) in [7, 11) is 0. The van der Waals surface area contributed by atoms with Crippen LogP contribution >= 0.6 is 0 Å². The summed E-state index contributed by atoms with van der Waals surface area (Å²) in [5, 5.41) is 6.51. The van der Waals surface area contributed by atoms with Crippen LogP contribution in [0.1, 0.15) is 51.3 Å². The number of pyridine rings is 2. The molecule has 1 N–H and O–H groups in total. The molecule has 1 aliphatic rings. The molecular formula is C24H20F3N7O3. The van der Waals surface area contributed by atoms with Crippen LogP contribution in [0.3, 0.4) is 0 Å². The molecule has 37 heavy (non-hydrogen) atoms. The van der Waals surface area contributed by atoms with Crippen LogP contribution in [0.4, 0.5) is 19.0 Å². The monoisotopic (exact) mass is 511 g/mol. The Kier molecular flexibility index (Phi) is 5.97. The number of anilines is 1. The van der Waals surface area contributed by atoms with E-state index in [1.54, 1.807) is 24.0 Å². The fourth-order valence-corrected chi connectivity index (χ4v) is 4.16. The highest BCUT2D eigenvalue weighted by Gasteiger charge is 2.35. The molecule has 190 valence electrons. The van der Waals surface area contributed by atoms with E-state index in [2.05, 4.69) is 25.4 Å². The minimum Gasteiger partial charge on any atom is -0.448 e. The maximum Gasteiger partial charge on any atom is 0.419 e. The molecule has 5 heterocycles. The van der Waals surface area contributed by atoms with Crippen molar-refractivity contribution in [3.05, 3.63) is 83.1 Å². The molecule has 1 aliphatic heterocycles. The van der Waals surface area contributed by atoms with E-state index in [1.807, 2.05) is 6.92 Å². The maximum absolute atomic E-state index is 13.2. The first-order valence-electron chi connectivity index (χ1n) is 11.2. The highest BCUT2D eigenvalue weighted by atomic mass is 19.4. The number of oxazole rings is 1. The molecule has 0 bridgehead atoms. The molecule has 0 fully saturated rings. The number of rotatable bonds is 6. The van der Waals surface area contributed by atoms with Gasteiger partial charge in [-0.1, -0.05) is 0 Å². The quantitative estimate of drug-likeness (QED) is 0.417. The highest BCUT2D eigenvalue weighted by molar-refractivity contribution is 6.01. The summed E-state index contributed by atoms with van der Waals surface area (Å²) in [5.41, 5.74) is 1.42. The molecule has 1 unspecified atom stereocenters. The zero-order chi connectivity index (χ0) is 26.3. The standard InChI is InChI=1S/C24H20F3N7O3/c1-13-5-15(7-30-22(13)34-10-16(8-31-34)24(25,26)27)14(2)33-11-19-18(23(33)36)3-4-29-21(19)32-20(35)6-17-9-28-12-37-17/h3-5,7-10,12,14H,6,11H2,1-2H3,(H,29,32,35). The molecule has 0 saturated carbocycles. The average molecular weight is 511 g/mol. The lowest BCUT2D eigenvalue weighted by Gasteiger charge is -2.25. The minimum atomic E-state index is -4.51. The summed E-state index contributed by atoms with van der Waals surface area (Å²) < 4.78 is 45.0. The molecule has 5 rings (SSSR count). The molecular weight excluding hydrogens is 491 g/mol. The van der Waals surface area contributed by atoms with Crippen LogP contribution in [0.2, 0.25) is 0 Å². The normalized spacial score (nSPS) is 14.1. The van der Waals surface area contributed by atoms with Crippen molar-refractivity contribution in [2.75, 3.05) is 5.32 Å². The Labute approximate surface area is 208 Å². The summed E-state index contributed by atoms with van der Waals surface area (Å²) in [4.78, 5) is 39.6. The van der Waals surface area contributed by atoms with Crippen molar-refractivity contribution in [1.29, 1.82) is 0 Å². The predicted molar refractivity (Wildman–Crippen MR) is 122 cm³/mol. The van der Waals surface area contributed by atoms with E-state index >= 15 is 0 Å². The Morgan fingerprint density at radius 3 is 2.73 bits per heavy atom. The van der Waals surface area contributed by atoms with Gasteiger partial charge in [-0.15, -0.1) is 0 Å². The number of fused-ring (bicyclic) bond motifs is 1. The van der Waals surface area contributed by atoms with Gasteiger partial charge in [-0.25, -0.2) is 19.6 Å². The molecule has 13 heteroatoms. The Morgan fingerprint density at radius 2 is 2.05 bits per heavy atom. The van der Waals surface area contributed by atoms with Crippen molar-refractivity contribution in [2.45, 2.75) is 39.0 Å². The van der Waals surface area contributed by atoms with Gasteiger partial charge >= 0.3 is 6.18 Å². The lowest BCUT2D eigenvalue weighted by atomic mass is 10.1. The second kappa shape index (κ2) is 9.15. The Bertz CT molecular complexity index is 1480.